The summed E-state index contributed by atoms with van der Waals surface area (Å²) in [6.45, 7) is 15.6. The maximum absolute atomic E-state index is 6.18. The van der Waals surface area contributed by atoms with Crippen LogP contribution in [-0.4, -0.2) is 32.2 Å². The van der Waals surface area contributed by atoms with Crippen molar-refractivity contribution in [2.45, 2.75) is 66.8 Å². The molecule has 0 amide bonds. The summed E-state index contributed by atoms with van der Waals surface area (Å²) in [6.07, 6.45) is 2.39. The number of hydrogen-bond donors (Lipinski definition) is 0. The van der Waals surface area contributed by atoms with E-state index in [1.807, 2.05) is 0 Å². The molecule has 0 aromatic heterocycles. The topological polar surface area (TPSA) is 27.7 Å². The fraction of sp³-hybridized carbons (Fsp3) is 1.00. The smallest absolute Gasteiger partial charge is 0.162 e. The largest absolute Gasteiger partial charge is 0.377 e. The van der Waals surface area contributed by atoms with E-state index in [1.54, 1.807) is 0 Å². The zero-order valence-corrected chi connectivity index (χ0v) is 14.2. The molecule has 0 aromatic carbocycles. The van der Waals surface area contributed by atoms with E-state index in [0.29, 0.717) is 23.7 Å². The average Bonchev–Trinajstić information content (AvgIpc) is 2.37. The van der Waals surface area contributed by atoms with Gasteiger partial charge in [-0.3, -0.25) is 0 Å². The summed E-state index contributed by atoms with van der Waals surface area (Å²) in [5, 5.41) is 0. The first-order valence-corrected chi connectivity index (χ1v) is 8.26. The molecule has 0 unspecified atom stereocenters. The van der Waals surface area contributed by atoms with E-state index in [-0.39, 0.29) is 12.4 Å². The van der Waals surface area contributed by atoms with Gasteiger partial charge in [0.2, 0.25) is 0 Å². The minimum absolute atomic E-state index is 0.0919. The van der Waals surface area contributed by atoms with Gasteiger partial charge in [0, 0.05) is 19.1 Å². The van der Waals surface area contributed by atoms with E-state index < -0.39 is 0 Å². The summed E-state index contributed by atoms with van der Waals surface area (Å²) in [7, 11) is 0. The monoisotopic (exact) mass is 286 g/mol. The van der Waals surface area contributed by atoms with Crippen molar-refractivity contribution in [3.05, 3.63) is 0 Å². The van der Waals surface area contributed by atoms with Crippen molar-refractivity contribution in [2.24, 2.45) is 23.7 Å². The summed E-state index contributed by atoms with van der Waals surface area (Å²) in [6, 6.07) is 0. The molecule has 0 saturated carbocycles. The van der Waals surface area contributed by atoms with Crippen LogP contribution >= 0.6 is 0 Å². The zero-order chi connectivity index (χ0) is 15.1. The molecule has 0 spiro atoms. The maximum atomic E-state index is 6.18. The lowest BCUT2D eigenvalue weighted by Gasteiger charge is -2.39. The van der Waals surface area contributed by atoms with Gasteiger partial charge in [0.1, 0.15) is 0 Å². The summed E-state index contributed by atoms with van der Waals surface area (Å²) in [5.41, 5.74) is 0. The minimum atomic E-state index is -0.0919. The number of ether oxygens (including phenoxy) is 3. The Hall–Kier alpha value is -0.120. The SMILES string of the molecule is CC(C)CO[C@@H]1OCCC[C@H]1[C@H](OCC(C)C)C(C)C. The Bertz CT molecular complexity index is 251. The zero-order valence-electron chi connectivity index (χ0n) is 14.2. The standard InChI is InChI=1S/C17H34O3/c1-12(2)10-19-16(14(5)6)15-8-7-9-18-17(15)20-11-13(3)4/h12-17H,7-11H2,1-6H3/t15-,16+,17-/m0/s1. The molecule has 3 heteroatoms. The molecule has 1 rings (SSSR count). The third kappa shape index (κ3) is 6.11. The van der Waals surface area contributed by atoms with Crippen LogP contribution in [0.15, 0.2) is 0 Å². The van der Waals surface area contributed by atoms with Crippen molar-refractivity contribution in [1.82, 2.24) is 0 Å². The van der Waals surface area contributed by atoms with Crippen LogP contribution in [0.1, 0.15) is 54.4 Å². The van der Waals surface area contributed by atoms with Gasteiger partial charge in [0.25, 0.3) is 0 Å². The highest BCUT2D eigenvalue weighted by molar-refractivity contribution is 4.79. The van der Waals surface area contributed by atoms with Crippen molar-refractivity contribution in [2.75, 3.05) is 19.8 Å². The fourth-order valence-corrected chi connectivity index (χ4v) is 2.67. The Morgan fingerprint density at radius 3 is 2.20 bits per heavy atom. The lowest BCUT2D eigenvalue weighted by Crippen LogP contribution is -2.43. The van der Waals surface area contributed by atoms with Gasteiger partial charge < -0.3 is 14.2 Å². The summed E-state index contributed by atoms with van der Waals surface area (Å²) >= 11 is 0. The van der Waals surface area contributed by atoms with E-state index in [4.69, 9.17) is 14.2 Å². The molecule has 0 N–H and O–H groups in total. The van der Waals surface area contributed by atoms with Gasteiger partial charge in [-0.15, -0.1) is 0 Å². The van der Waals surface area contributed by atoms with E-state index in [0.717, 1.165) is 32.7 Å². The van der Waals surface area contributed by atoms with Crippen molar-refractivity contribution in [3.8, 4) is 0 Å². The first-order chi connectivity index (χ1) is 9.41. The second-order valence-corrected chi connectivity index (χ2v) is 7.21. The molecule has 0 aliphatic carbocycles. The van der Waals surface area contributed by atoms with E-state index in [9.17, 15) is 0 Å². The maximum Gasteiger partial charge on any atom is 0.162 e. The molecule has 120 valence electrons. The Morgan fingerprint density at radius 1 is 1.00 bits per heavy atom. The molecule has 1 saturated heterocycles. The number of hydrogen-bond acceptors (Lipinski definition) is 3. The lowest BCUT2D eigenvalue weighted by atomic mass is 9.87. The van der Waals surface area contributed by atoms with Crippen LogP contribution < -0.4 is 0 Å². The van der Waals surface area contributed by atoms with Crippen molar-refractivity contribution in [1.29, 1.82) is 0 Å². The second-order valence-electron chi connectivity index (χ2n) is 7.21. The predicted octanol–water partition coefficient (Wildman–Crippen LogP) is 4.11. The lowest BCUT2D eigenvalue weighted by molar-refractivity contribution is -0.226. The van der Waals surface area contributed by atoms with Crippen LogP contribution in [0.3, 0.4) is 0 Å². The molecule has 0 radical (unpaired) electrons. The van der Waals surface area contributed by atoms with Crippen LogP contribution in [0.25, 0.3) is 0 Å². The highest BCUT2D eigenvalue weighted by atomic mass is 16.7. The predicted molar refractivity (Wildman–Crippen MR) is 82.7 cm³/mol. The van der Waals surface area contributed by atoms with Gasteiger partial charge in [-0.2, -0.15) is 0 Å². The van der Waals surface area contributed by atoms with Crippen LogP contribution in [0.2, 0.25) is 0 Å². The highest BCUT2D eigenvalue weighted by Gasteiger charge is 2.36. The van der Waals surface area contributed by atoms with Crippen LogP contribution in [0.5, 0.6) is 0 Å². The van der Waals surface area contributed by atoms with Gasteiger partial charge in [0.05, 0.1) is 12.7 Å². The average molecular weight is 286 g/mol. The molecule has 0 bridgehead atoms. The molecule has 1 heterocycles. The quantitative estimate of drug-likeness (QED) is 0.672. The Kier molecular flexibility index (Phi) is 8.08. The fourth-order valence-electron chi connectivity index (χ4n) is 2.67. The number of rotatable bonds is 8. The summed E-state index contributed by atoms with van der Waals surface area (Å²) in [4.78, 5) is 0. The van der Waals surface area contributed by atoms with E-state index >= 15 is 0 Å². The van der Waals surface area contributed by atoms with Gasteiger partial charge in [-0.05, 0) is 30.6 Å². The van der Waals surface area contributed by atoms with Crippen LogP contribution in [-0.2, 0) is 14.2 Å². The highest BCUT2D eigenvalue weighted by Crippen LogP contribution is 2.31. The second kappa shape index (κ2) is 9.01. The third-order valence-electron chi connectivity index (χ3n) is 3.61. The molecular weight excluding hydrogens is 252 g/mol. The minimum Gasteiger partial charge on any atom is -0.377 e. The third-order valence-corrected chi connectivity index (χ3v) is 3.61. The Morgan fingerprint density at radius 2 is 1.65 bits per heavy atom. The molecule has 1 aliphatic rings. The van der Waals surface area contributed by atoms with Gasteiger partial charge in [-0.1, -0.05) is 41.5 Å². The first-order valence-electron chi connectivity index (χ1n) is 8.26. The van der Waals surface area contributed by atoms with E-state index in [2.05, 4.69) is 41.5 Å². The Labute approximate surface area is 125 Å². The normalized spacial score (nSPS) is 25.6. The van der Waals surface area contributed by atoms with Crippen LogP contribution in [0.4, 0.5) is 0 Å². The molecule has 0 aromatic rings. The van der Waals surface area contributed by atoms with Crippen molar-refractivity contribution < 1.29 is 14.2 Å². The van der Waals surface area contributed by atoms with Crippen LogP contribution in [0, 0.1) is 23.7 Å². The summed E-state index contributed by atoms with van der Waals surface area (Å²) in [5.74, 6) is 1.96. The van der Waals surface area contributed by atoms with Crippen molar-refractivity contribution >= 4 is 0 Å². The van der Waals surface area contributed by atoms with Gasteiger partial charge >= 0.3 is 0 Å². The molecule has 20 heavy (non-hydrogen) atoms. The van der Waals surface area contributed by atoms with Crippen molar-refractivity contribution in [3.63, 3.8) is 0 Å². The summed E-state index contributed by atoms with van der Waals surface area (Å²) < 4.78 is 18.1. The molecule has 3 nitrogen and oxygen atoms in total. The molecule has 1 fully saturated rings. The molecule has 1 aliphatic heterocycles. The molecule has 3 atom stereocenters. The van der Waals surface area contributed by atoms with E-state index in [1.165, 1.54) is 0 Å². The molecular formula is C17H34O3. The van der Waals surface area contributed by atoms with Gasteiger partial charge in [-0.25, -0.2) is 0 Å². The Balaban J connectivity index is 2.63. The first kappa shape index (κ1) is 17.9. The van der Waals surface area contributed by atoms with Gasteiger partial charge in [0.15, 0.2) is 6.29 Å².